The molecule has 0 bridgehead atoms. The molecule has 2 heterocycles. The van der Waals surface area contributed by atoms with Crippen molar-refractivity contribution in [2.75, 3.05) is 9.44 Å². The molecule has 0 aliphatic heterocycles. The summed E-state index contributed by atoms with van der Waals surface area (Å²) in [6.07, 6.45) is 1.46. The van der Waals surface area contributed by atoms with E-state index >= 15 is 0 Å². The Morgan fingerprint density at radius 3 is 2.03 bits per heavy atom. The Labute approximate surface area is 178 Å². The van der Waals surface area contributed by atoms with Crippen molar-refractivity contribution < 1.29 is 16.8 Å². The lowest BCUT2D eigenvalue weighted by Crippen LogP contribution is -2.29. The third-order valence-corrected chi connectivity index (χ3v) is 7.63. The summed E-state index contributed by atoms with van der Waals surface area (Å²) >= 11 is 1.12. The molecule has 0 atom stereocenters. The molecule has 160 valence electrons. The number of sulfonamides is 2. The Bertz CT molecular complexity index is 1590. The van der Waals surface area contributed by atoms with Gasteiger partial charge in [0.2, 0.25) is 0 Å². The molecule has 4 rings (SSSR count). The van der Waals surface area contributed by atoms with Crippen molar-refractivity contribution in [1.82, 2.24) is 15.0 Å². The molecule has 2 aromatic heterocycles. The van der Waals surface area contributed by atoms with E-state index in [0.717, 1.165) is 11.3 Å². The molecule has 0 spiro atoms. The average Bonchev–Trinajstić information content (AvgIpc) is 3.21. The minimum atomic E-state index is -4.05. The molecule has 4 N–H and O–H groups in total. The highest BCUT2D eigenvalue weighted by Crippen LogP contribution is 2.22. The number of thiazole rings is 1. The normalized spacial score (nSPS) is 12.0. The van der Waals surface area contributed by atoms with E-state index in [1.165, 1.54) is 48.7 Å². The number of aromatic amines is 2. The number of hydrogen-bond acceptors (Lipinski definition) is 8. The summed E-state index contributed by atoms with van der Waals surface area (Å²) in [6.45, 7) is 0. The minimum absolute atomic E-state index is 0.0714. The fraction of sp³-hybridized carbons (Fsp3) is 0. The van der Waals surface area contributed by atoms with Gasteiger partial charge < -0.3 is 9.97 Å². The van der Waals surface area contributed by atoms with Crippen molar-refractivity contribution in [1.29, 1.82) is 0 Å². The van der Waals surface area contributed by atoms with E-state index in [2.05, 4.69) is 24.4 Å². The Balaban J connectivity index is 1.58. The SMILES string of the molecule is O=c1[nH]c2ccc(S(=O)(=O)Nc3ccc(S(=O)(=O)Nc4nccs4)cc3)cc2[nH]c1=O. The molecule has 11 nitrogen and oxygen atoms in total. The fourth-order valence-corrected chi connectivity index (χ4v) is 5.50. The van der Waals surface area contributed by atoms with E-state index in [0.29, 0.717) is 0 Å². The van der Waals surface area contributed by atoms with Crippen LogP contribution in [0.1, 0.15) is 0 Å². The Hall–Kier alpha value is -3.49. The standard InChI is InChI=1S/C17H13N5O6S3/c23-15-16(24)20-14-9-12(5-6-13(14)19-15)31(27,28)21-10-1-3-11(4-2-10)30(25,26)22-17-18-7-8-29-17/h1-9,21H,(H,18,22)(H,19,23)(H,20,24). The van der Waals surface area contributed by atoms with Gasteiger partial charge in [0.05, 0.1) is 20.8 Å². The zero-order chi connectivity index (χ0) is 22.2. The van der Waals surface area contributed by atoms with Crippen LogP contribution in [-0.2, 0) is 20.0 Å². The lowest BCUT2D eigenvalue weighted by Gasteiger charge is -2.10. The zero-order valence-electron chi connectivity index (χ0n) is 15.3. The molecule has 2 aromatic carbocycles. The van der Waals surface area contributed by atoms with E-state index in [9.17, 15) is 26.4 Å². The van der Waals surface area contributed by atoms with Gasteiger partial charge in [0.1, 0.15) is 0 Å². The second-order valence-electron chi connectivity index (χ2n) is 6.19. The monoisotopic (exact) mass is 479 g/mol. The Kier molecular flexibility index (Phi) is 5.12. The molecule has 0 amide bonds. The van der Waals surface area contributed by atoms with Gasteiger partial charge in [-0.3, -0.25) is 19.0 Å². The number of hydrogen-bond donors (Lipinski definition) is 4. The summed E-state index contributed by atoms with van der Waals surface area (Å²) in [5, 5.41) is 1.83. The van der Waals surface area contributed by atoms with Gasteiger partial charge in [-0.05, 0) is 42.5 Å². The summed E-state index contributed by atoms with van der Waals surface area (Å²) in [5.74, 6) is 0. The fourth-order valence-electron chi connectivity index (χ4n) is 2.63. The van der Waals surface area contributed by atoms with Crippen molar-refractivity contribution in [3.05, 3.63) is 74.7 Å². The van der Waals surface area contributed by atoms with E-state index in [1.54, 1.807) is 5.38 Å². The number of H-pyrrole nitrogens is 2. The van der Waals surface area contributed by atoms with Gasteiger partial charge >= 0.3 is 11.1 Å². The molecule has 14 heteroatoms. The van der Waals surface area contributed by atoms with Gasteiger partial charge in [0.25, 0.3) is 20.0 Å². The molecule has 0 fully saturated rings. The maximum atomic E-state index is 12.7. The predicted molar refractivity (Wildman–Crippen MR) is 115 cm³/mol. The molecular formula is C17H13N5O6S3. The van der Waals surface area contributed by atoms with Gasteiger partial charge in [-0.15, -0.1) is 11.3 Å². The first-order valence-electron chi connectivity index (χ1n) is 8.46. The van der Waals surface area contributed by atoms with Gasteiger partial charge in [-0.2, -0.15) is 0 Å². The zero-order valence-corrected chi connectivity index (χ0v) is 17.8. The van der Waals surface area contributed by atoms with Crippen molar-refractivity contribution in [3.63, 3.8) is 0 Å². The topological polar surface area (TPSA) is 171 Å². The van der Waals surface area contributed by atoms with Crippen LogP contribution in [0.3, 0.4) is 0 Å². The van der Waals surface area contributed by atoms with Crippen molar-refractivity contribution in [2.24, 2.45) is 0 Å². The number of benzene rings is 2. The molecule has 31 heavy (non-hydrogen) atoms. The van der Waals surface area contributed by atoms with Gasteiger partial charge in [0, 0.05) is 17.3 Å². The maximum absolute atomic E-state index is 12.7. The lowest BCUT2D eigenvalue weighted by molar-refractivity contribution is 0.600. The van der Waals surface area contributed by atoms with Crippen molar-refractivity contribution >= 4 is 53.2 Å². The Morgan fingerprint density at radius 2 is 1.39 bits per heavy atom. The van der Waals surface area contributed by atoms with Crippen LogP contribution in [0.2, 0.25) is 0 Å². The number of fused-ring (bicyclic) bond motifs is 1. The molecule has 0 unspecified atom stereocenters. The quantitative estimate of drug-likeness (QED) is 0.302. The maximum Gasteiger partial charge on any atom is 0.314 e. The summed E-state index contributed by atoms with van der Waals surface area (Å²) in [5.41, 5.74) is -1.21. The van der Waals surface area contributed by atoms with Gasteiger partial charge in [-0.25, -0.2) is 21.8 Å². The summed E-state index contributed by atoms with van der Waals surface area (Å²) in [7, 11) is -7.92. The van der Waals surface area contributed by atoms with E-state index in [1.807, 2.05) is 0 Å². The van der Waals surface area contributed by atoms with Crippen molar-refractivity contribution in [2.45, 2.75) is 9.79 Å². The second-order valence-corrected chi connectivity index (χ2v) is 10.4. The van der Waals surface area contributed by atoms with Gasteiger partial charge in [-0.1, -0.05) is 0 Å². The lowest BCUT2D eigenvalue weighted by atomic mass is 10.3. The van der Waals surface area contributed by atoms with Crippen LogP contribution in [0, 0.1) is 0 Å². The number of nitrogens with zero attached hydrogens (tertiary/aromatic N) is 1. The second kappa shape index (κ2) is 7.64. The molecule has 0 aliphatic rings. The third kappa shape index (κ3) is 4.35. The molecule has 0 saturated heterocycles. The number of aromatic nitrogens is 3. The summed E-state index contributed by atoms with van der Waals surface area (Å²) in [4.78, 5) is 31.1. The molecule has 0 radical (unpaired) electrons. The highest BCUT2D eigenvalue weighted by Gasteiger charge is 2.18. The highest BCUT2D eigenvalue weighted by molar-refractivity contribution is 7.93. The first kappa shape index (κ1) is 20.8. The molecule has 0 aliphatic carbocycles. The van der Waals surface area contributed by atoms with Crippen LogP contribution in [0.5, 0.6) is 0 Å². The van der Waals surface area contributed by atoms with Gasteiger partial charge in [0.15, 0.2) is 5.13 Å². The van der Waals surface area contributed by atoms with E-state index < -0.39 is 31.2 Å². The number of rotatable bonds is 6. The Morgan fingerprint density at radius 1 is 0.774 bits per heavy atom. The van der Waals surface area contributed by atoms with Crippen LogP contribution < -0.4 is 20.6 Å². The third-order valence-electron chi connectivity index (χ3n) is 4.07. The van der Waals surface area contributed by atoms with Crippen LogP contribution in [0.4, 0.5) is 10.8 Å². The van der Waals surface area contributed by atoms with Crippen molar-refractivity contribution in [3.8, 4) is 0 Å². The van der Waals surface area contributed by atoms with E-state index in [4.69, 9.17) is 0 Å². The van der Waals surface area contributed by atoms with Crippen LogP contribution >= 0.6 is 11.3 Å². The highest BCUT2D eigenvalue weighted by atomic mass is 32.2. The summed E-state index contributed by atoms with van der Waals surface area (Å²) < 4.78 is 54.7. The number of nitrogens with one attached hydrogen (secondary N) is 4. The van der Waals surface area contributed by atoms with Crippen LogP contribution in [-0.4, -0.2) is 31.8 Å². The first-order valence-corrected chi connectivity index (χ1v) is 12.3. The first-order chi connectivity index (χ1) is 14.6. The minimum Gasteiger partial charge on any atom is -0.316 e. The molecular weight excluding hydrogens is 466 g/mol. The smallest absolute Gasteiger partial charge is 0.314 e. The largest absolute Gasteiger partial charge is 0.316 e. The van der Waals surface area contributed by atoms with Crippen LogP contribution in [0.25, 0.3) is 11.0 Å². The molecule has 0 saturated carbocycles. The number of anilines is 2. The summed E-state index contributed by atoms with van der Waals surface area (Å²) in [6, 6.07) is 8.90. The molecule has 4 aromatic rings. The average molecular weight is 480 g/mol. The predicted octanol–water partition coefficient (Wildman–Crippen LogP) is 1.27. The van der Waals surface area contributed by atoms with E-state index in [-0.39, 0.29) is 31.6 Å². The van der Waals surface area contributed by atoms with Crippen LogP contribution in [0.15, 0.2) is 73.4 Å².